The number of hydrogen-bond acceptors (Lipinski definition) is 6. The monoisotopic (exact) mass is 685 g/mol. The normalized spacial score (nSPS) is 23.3. The van der Waals surface area contributed by atoms with E-state index in [1.807, 2.05) is 7.05 Å². The topological polar surface area (TPSA) is 129 Å². The lowest BCUT2D eigenvalue weighted by molar-refractivity contribution is -0.138. The number of halogens is 3. The number of anilines is 1. The molecule has 14 heteroatoms. The van der Waals surface area contributed by atoms with E-state index in [1.165, 1.54) is 29.1 Å². The first-order valence-electron chi connectivity index (χ1n) is 17.4. The molecule has 6 rings (SSSR count). The highest BCUT2D eigenvalue weighted by Crippen LogP contribution is 2.61. The molecular formula is C35H46F3N7O4. The molecule has 4 aliphatic rings. The summed E-state index contributed by atoms with van der Waals surface area (Å²) in [4.78, 5) is 57.4. The minimum Gasteiger partial charge on any atom is -0.343 e. The van der Waals surface area contributed by atoms with Gasteiger partial charge in [-0.3, -0.25) is 23.9 Å². The van der Waals surface area contributed by atoms with Crippen molar-refractivity contribution in [3.05, 3.63) is 47.5 Å². The molecular weight excluding hydrogens is 639 g/mol. The predicted octanol–water partition coefficient (Wildman–Crippen LogP) is 3.70. The Hall–Kier alpha value is -3.94. The average molecular weight is 686 g/mol. The number of nitrogens with one attached hydrogen (secondary N) is 3. The summed E-state index contributed by atoms with van der Waals surface area (Å²) < 4.78 is 47.3. The zero-order chi connectivity index (χ0) is 35.1. The van der Waals surface area contributed by atoms with Gasteiger partial charge in [0, 0.05) is 63.6 Å². The van der Waals surface area contributed by atoms with Gasteiger partial charge in [-0.15, -0.1) is 0 Å². The van der Waals surface area contributed by atoms with E-state index in [0.29, 0.717) is 70.4 Å². The van der Waals surface area contributed by atoms with Gasteiger partial charge in [-0.05, 0) is 81.2 Å². The number of benzene rings is 1. The van der Waals surface area contributed by atoms with E-state index >= 15 is 4.39 Å². The van der Waals surface area contributed by atoms with Crippen LogP contribution in [0.4, 0.5) is 18.9 Å². The summed E-state index contributed by atoms with van der Waals surface area (Å²) >= 11 is 0. The van der Waals surface area contributed by atoms with Gasteiger partial charge in [-0.1, -0.05) is 13.0 Å². The molecule has 11 nitrogen and oxygen atoms in total. The number of carbonyl (C=O) groups excluding carboxylic acids is 4. The number of rotatable bonds is 11. The quantitative estimate of drug-likeness (QED) is 0.331. The van der Waals surface area contributed by atoms with Gasteiger partial charge in [0.2, 0.25) is 23.6 Å². The van der Waals surface area contributed by atoms with Crippen molar-refractivity contribution in [1.29, 1.82) is 0 Å². The standard InChI is InChI=1S/C35H46F3N7O4/c1-4-27(46)41-29(32(49)44-16-14-43(3)15-17-44)34(11-12-34)23-6-7-25(24(36)18-23)40-31(48)28(42-30(47)26-8-13-39-45(26)5-2)22-19-33(9-10-33)21-35(37,38)20-22/h6-8,13,18,22,28-29H,4-5,9-12,14-17,19-21H2,1-3H3,(H,40,48)(H,41,46)(H,42,47)/t22-,28-,29-/m0/s1. The Morgan fingerprint density at radius 2 is 1.69 bits per heavy atom. The van der Waals surface area contributed by atoms with Crippen LogP contribution in [0.25, 0.3) is 0 Å². The molecule has 3 atom stereocenters. The third kappa shape index (κ3) is 7.34. The summed E-state index contributed by atoms with van der Waals surface area (Å²) in [5.74, 6) is -6.54. The molecule has 0 unspecified atom stereocenters. The Balaban J connectivity index is 1.24. The largest absolute Gasteiger partial charge is 0.343 e. The van der Waals surface area contributed by atoms with E-state index < -0.39 is 58.8 Å². The third-order valence-corrected chi connectivity index (χ3v) is 11.0. The Bertz CT molecular complexity index is 1590. The zero-order valence-electron chi connectivity index (χ0n) is 28.4. The molecule has 3 N–H and O–H groups in total. The molecule has 2 heterocycles. The van der Waals surface area contributed by atoms with Gasteiger partial charge in [-0.2, -0.15) is 5.10 Å². The Kier molecular flexibility index (Phi) is 9.55. The molecule has 4 amide bonds. The number of likely N-dealkylation sites (N-methyl/N-ethyl adjacent to an activating group) is 1. The van der Waals surface area contributed by atoms with E-state index in [0.717, 1.165) is 0 Å². The van der Waals surface area contributed by atoms with Crippen LogP contribution >= 0.6 is 0 Å². The van der Waals surface area contributed by atoms with Crippen molar-refractivity contribution in [3.8, 4) is 0 Å². The van der Waals surface area contributed by atoms with Crippen LogP contribution < -0.4 is 16.0 Å². The summed E-state index contributed by atoms with van der Waals surface area (Å²) in [5.41, 5.74) is -0.833. The molecule has 0 radical (unpaired) electrons. The number of aryl methyl sites for hydroxylation is 1. The second-order valence-corrected chi connectivity index (χ2v) is 14.5. The second kappa shape index (κ2) is 13.4. The molecule has 49 heavy (non-hydrogen) atoms. The van der Waals surface area contributed by atoms with Crippen LogP contribution in [0.2, 0.25) is 0 Å². The van der Waals surface area contributed by atoms with Crippen LogP contribution in [0, 0.1) is 17.2 Å². The molecule has 3 saturated carbocycles. The third-order valence-electron chi connectivity index (χ3n) is 11.0. The fourth-order valence-electron chi connectivity index (χ4n) is 7.81. The molecule has 2 aromatic rings. The molecule has 1 aliphatic heterocycles. The maximum Gasteiger partial charge on any atom is 0.270 e. The number of hydrogen-bond donors (Lipinski definition) is 3. The fraction of sp³-hybridized carbons (Fsp3) is 0.629. The van der Waals surface area contributed by atoms with Crippen molar-refractivity contribution >= 4 is 29.3 Å². The molecule has 0 bridgehead atoms. The first-order valence-corrected chi connectivity index (χ1v) is 17.4. The van der Waals surface area contributed by atoms with Crippen molar-refractivity contribution in [2.45, 2.75) is 95.2 Å². The van der Waals surface area contributed by atoms with E-state index in [2.05, 4.69) is 25.9 Å². The van der Waals surface area contributed by atoms with Crippen LogP contribution in [0.3, 0.4) is 0 Å². The number of nitrogens with zero attached hydrogens (tertiary/aromatic N) is 4. The van der Waals surface area contributed by atoms with Crippen molar-refractivity contribution in [3.63, 3.8) is 0 Å². The van der Waals surface area contributed by atoms with Crippen LogP contribution in [0.1, 0.15) is 81.3 Å². The van der Waals surface area contributed by atoms with E-state index in [9.17, 15) is 28.0 Å². The zero-order valence-corrected chi connectivity index (χ0v) is 28.4. The van der Waals surface area contributed by atoms with E-state index in [4.69, 9.17) is 0 Å². The van der Waals surface area contributed by atoms with Crippen molar-refractivity contribution in [1.82, 2.24) is 30.2 Å². The highest BCUT2D eigenvalue weighted by molar-refractivity contribution is 6.01. The number of piperazine rings is 1. The van der Waals surface area contributed by atoms with Crippen molar-refractivity contribution < 1.29 is 32.3 Å². The van der Waals surface area contributed by atoms with Crippen molar-refractivity contribution in [2.24, 2.45) is 11.3 Å². The summed E-state index contributed by atoms with van der Waals surface area (Å²) in [6, 6.07) is 3.57. The minimum atomic E-state index is -3.00. The Labute approximate surface area is 284 Å². The summed E-state index contributed by atoms with van der Waals surface area (Å²) in [5, 5.41) is 12.3. The Morgan fingerprint density at radius 3 is 2.31 bits per heavy atom. The number of amides is 4. The molecule has 3 aliphatic carbocycles. The lowest BCUT2D eigenvalue weighted by Crippen LogP contribution is -2.58. The van der Waals surface area contributed by atoms with Crippen LogP contribution in [-0.2, 0) is 26.3 Å². The van der Waals surface area contributed by atoms with Crippen LogP contribution in [-0.4, -0.2) is 94.4 Å². The molecule has 266 valence electrons. The molecule has 1 saturated heterocycles. The lowest BCUT2D eigenvalue weighted by atomic mass is 9.73. The first kappa shape index (κ1) is 34.9. The van der Waals surface area contributed by atoms with E-state index in [1.54, 1.807) is 24.8 Å². The summed E-state index contributed by atoms with van der Waals surface area (Å²) in [6.45, 7) is 6.36. The average Bonchev–Trinajstić information content (AvgIpc) is 3.97. The molecule has 4 fully saturated rings. The summed E-state index contributed by atoms with van der Waals surface area (Å²) in [7, 11) is 1.98. The van der Waals surface area contributed by atoms with Crippen LogP contribution in [0.15, 0.2) is 30.5 Å². The van der Waals surface area contributed by atoms with Gasteiger partial charge in [0.15, 0.2) is 0 Å². The van der Waals surface area contributed by atoms with Crippen molar-refractivity contribution in [2.75, 3.05) is 38.5 Å². The Morgan fingerprint density at radius 1 is 0.980 bits per heavy atom. The minimum absolute atomic E-state index is 0.175. The maximum atomic E-state index is 15.9. The highest BCUT2D eigenvalue weighted by Gasteiger charge is 2.58. The van der Waals surface area contributed by atoms with Gasteiger partial charge in [0.1, 0.15) is 23.6 Å². The first-order chi connectivity index (χ1) is 23.3. The van der Waals surface area contributed by atoms with Gasteiger partial charge >= 0.3 is 0 Å². The van der Waals surface area contributed by atoms with Crippen LogP contribution in [0.5, 0.6) is 0 Å². The van der Waals surface area contributed by atoms with Gasteiger partial charge in [0.25, 0.3) is 5.91 Å². The fourth-order valence-corrected chi connectivity index (χ4v) is 7.81. The maximum absolute atomic E-state index is 15.9. The number of alkyl halides is 2. The second-order valence-electron chi connectivity index (χ2n) is 14.5. The van der Waals surface area contributed by atoms with Gasteiger partial charge in [0.05, 0.1) is 5.69 Å². The summed E-state index contributed by atoms with van der Waals surface area (Å²) in [6.07, 6.45) is 3.57. The smallest absolute Gasteiger partial charge is 0.270 e. The molecule has 1 aromatic carbocycles. The van der Waals surface area contributed by atoms with E-state index in [-0.39, 0.29) is 36.0 Å². The van der Waals surface area contributed by atoms with Gasteiger partial charge in [-0.25, -0.2) is 13.2 Å². The predicted molar refractivity (Wildman–Crippen MR) is 175 cm³/mol. The SMILES string of the molecule is CCC(=O)N[C@@H](C(=O)N1CCN(C)CC1)C1(c2ccc(NC(=O)[C@@H](NC(=O)c3ccnn3CC)[C@@H]3CC(F)(F)CC4(CC4)C3)c(F)c2)CC1. The lowest BCUT2D eigenvalue weighted by Gasteiger charge is -2.38. The molecule has 1 aromatic heterocycles. The van der Waals surface area contributed by atoms with Gasteiger partial charge < -0.3 is 25.8 Å². The molecule has 1 spiro atoms. The highest BCUT2D eigenvalue weighted by atomic mass is 19.3. The number of carbonyl (C=O) groups is 4. The number of aromatic nitrogens is 2.